The molecule has 3 nitrogen and oxygen atoms in total. The number of carbonyl (C=O) groups is 1. The smallest absolute Gasteiger partial charge is 0.364 e. The van der Waals surface area contributed by atoms with Crippen LogP contribution in [0.15, 0.2) is 0 Å². The molecule has 0 saturated heterocycles. The third-order valence-electron chi connectivity index (χ3n) is 1.12. The second-order valence-electron chi connectivity index (χ2n) is 1.93. The van der Waals surface area contributed by atoms with Crippen molar-refractivity contribution < 1.29 is 14.6 Å². The lowest BCUT2D eigenvalue weighted by molar-refractivity contribution is -0.154. The van der Waals surface area contributed by atoms with E-state index in [1.165, 1.54) is 0 Å². The number of ether oxygens (including phenoxy) is 1. The molecule has 0 bridgehead atoms. The molecular weight excluding hydrogens is 144 g/mol. The largest absolute Gasteiger partial charge is 0.462 e. The summed E-state index contributed by atoms with van der Waals surface area (Å²) in [6, 6.07) is 0. The molecule has 1 rings (SSSR count). The molecule has 0 aromatic carbocycles. The van der Waals surface area contributed by atoms with E-state index in [4.69, 9.17) is 0 Å². The second-order valence-corrected chi connectivity index (χ2v) is 1.93. The zero-order chi connectivity index (χ0) is 8.32. The predicted molar refractivity (Wildman–Crippen MR) is 37.1 cm³/mol. The van der Waals surface area contributed by atoms with Gasteiger partial charge in [-0.25, -0.2) is 4.79 Å². The SMILES string of the molecule is CCOC(=O)C1(O)C#CC#C1. The number of hydrogen-bond donors (Lipinski definition) is 1. The van der Waals surface area contributed by atoms with Gasteiger partial charge in [-0.15, -0.1) is 0 Å². The Morgan fingerprint density at radius 1 is 1.55 bits per heavy atom. The Balaban J connectivity index is 2.72. The van der Waals surface area contributed by atoms with Crippen LogP contribution >= 0.6 is 0 Å². The van der Waals surface area contributed by atoms with Crippen molar-refractivity contribution in [3.05, 3.63) is 0 Å². The zero-order valence-corrected chi connectivity index (χ0v) is 5.97. The second kappa shape index (κ2) is 2.65. The lowest BCUT2D eigenvalue weighted by atomic mass is 10.1. The Morgan fingerprint density at radius 2 is 2.09 bits per heavy atom. The van der Waals surface area contributed by atoms with Crippen LogP contribution in [0.3, 0.4) is 0 Å². The fraction of sp³-hybridized carbons (Fsp3) is 0.375. The number of carbonyl (C=O) groups excluding carboxylic acids is 1. The van der Waals surface area contributed by atoms with Crippen LogP contribution in [0.2, 0.25) is 0 Å². The lowest BCUT2D eigenvalue weighted by Crippen LogP contribution is -2.36. The van der Waals surface area contributed by atoms with Crippen molar-refractivity contribution in [3.63, 3.8) is 0 Å². The van der Waals surface area contributed by atoms with Crippen LogP contribution in [0.25, 0.3) is 0 Å². The van der Waals surface area contributed by atoms with Crippen molar-refractivity contribution in [2.75, 3.05) is 6.61 Å². The molecule has 3 heteroatoms. The maximum absolute atomic E-state index is 10.9. The van der Waals surface area contributed by atoms with Gasteiger partial charge in [-0.1, -0.05) is 0 Å². The van der Waals surface area contributed by atoms with Crippen LogP contribution < -0.4 is 0 Å². The first-order valence-corrected chi connectivity index (χ1v) is 3.13. The van der Waals surface area contributed by atoms with Gasteiger partial charge in [-0.2, -0.15) is 0 Å². The van der Waals surface area contributed by atoms with E-state index < -0.39 is 11.6 Å². The van der Waals surface area contributed by atoms with Gasteiger partial charge in [0.25, 0.3) is 5.60 Å². The van der Waals surface area contributed by atoms with Crippen molar-refractivity contribution >= 4 is 5.97 Å². The Morgan fingerprint density at radius 3 is 2.55 bits per heavy atom. The van der Waals surface area contributed by atoms with E-state index in [0.717, 1.165) is 0 Å². The van der Waals surface area contributed by atoms with E-state index in [2.05, 4.69) is 28.4 Å². The molecule has 1 aliphatic rings. The minimum atomic E-state index is -1.88. The maximum Gasteiger partial charge on any atom is 0.364 e. The monoisotopic (exact) mass is 150 g/mol. The molecule has 0 aliphatic heterocycles. The van der Waals surface area contributed by atoms with Gasteiger partial charge in [0.1, 0.15) is 0 Å². The van der Waals surface area contributed by atoms with Crippen LogP contribution in [0.1, 0.15) is 6.92 Å². The van der Waals surface area contributed by atoms with Crippen LogP contribution in [0.5, 0.6) is 0 Å². The minimum absolute atomic E-state index is 0.213. The van der Waals surface area contributed by atoms with E-state index in [1.54, 1.807) is 6.92 Å². The summed E-state index contributed by atoms with van der Waals surface area (Å²) in [5.74, 6) is 8.24. The van der Waals surface area contributed by atoms with Gasteiger partial charge in [0.2, 0.25) is 0 Å². The molecule has 11 heavy (non-hydrogen) atoms. The molecule has 0 unspecified atom stereocenters. The first-order valence-electron chi connectivity index (χ1n) is 3.13. The van der Waals surface area contributed by atoms with Crippen LogP contribution in [-0.4, -0.2) is 23.3 Å². The van der Waals surface area contributed by atoms with Gasteiger partial charge in [-0.3, -0.25) is 0 Å². The quantitative estimate of drug-likeness (QED) is 0.418. The van der Waals surface area contributed by atoms with Crippen molar-refractivity contribution in [2.24, 2.45) is 0 Å². The van der Waals surface area contributed by atoms with Gasteiger partial charge in [-0.05, 0) is 30.6 Å². The van der Waals surface area contributed by atoms with E-state index in [1.807, 2.05) is 0 Å². The number of aliphatic hydroxyl groups is 1. The number of hydrogen-bond acceptors (Lipinski definition) is 3. The first-order chi connectivity index (χ1) is 5.19. The van der Waals surface area contributed by atoms with Crippen LogP contribution in [0.4, 0.5) is 0 Å². The molecule has 0 aromatic rings. The molecule has 0 saturated carbocycles. The molecule has 1 N–H and O–H groups in total. The van der Waals surface area contributed by atoms with Gasteiger partial charge in [0, 0.05) is 0 Å². The highest BCUT2D eigenvalue weighted by molar-refractivity contribution is 5.89. The Hall–Kier alpha value is -1.45. The number of esters is 1. The highest BCUT2D eigenvalue weighted by Gasteiger charge is 2.35. The molecule has 0 atom stereocenters. The summed E-state index contributed by atoms with van der Waals surface area (Å²) in [4.78, 5) is 10.9. The minimum Gasteiger partial charge on any atom is -0.462 e. The summed E-state index contributed by atoms with van der Waals surface area (Å²) in [6.45, 7) is 1.86. The fourth-order valence-electron chi connectivity index (χ4n) is 0.612. The zero-order valence-electron chi connectivity index (χ0n) is 5.97. The van der Waals surface area contributed by atoms with Crippen molar-refractivity contribution in [3.8, 4) is 23.7 Å². The fourth-order valence-corrected chi connectivity index (χ4v) is 0.612. The Labute approximate surface area is 64.4 Å². The summed E-state index contributed by atoms with van der Waals surface area (Å²) in [6.07, 6.45) is 0. The van der Waals surface area contributed by atoms with E-state index in [-0.39, 0.29) is 6.61 Å². The highest BCUT2D eigenvalue weighted by Crippen LogP contribution is 2.06. The average molecular weight is 150 g/mol. The molecule has 56 valence electrons. The van der Waals surface area contributed by atoms with Gasteiger partial charge in [0.05, 0.1) is 6.61 Å². The van der Waals surface area contributed by atoms with Crippen LogP contribution in [0, 0.1) is 23.7 Å². The normalized spacial score (nSPS) is 15.8. The molecule has 0 aromatic heterocycles. The summed E-state index contributed by atoms with van der Waals surface area (Å²) in [7, 11) is 0. The average Bonchev–Trinajstić information content (AvgIpc) is 2.38. The van der Waals surface area contributed by atoms with Crippen molar-refractivity contribution in [1.29, 1.82) is 0 Å². The summed E-state index contributed by atoms with van der Waals surface area (Å²) in [5.41, 5.74) is -1.88. The molecular formula is C8H6O3. The maximum atomic E-state index is 10.9. The molecule has 0 heterocycles. The lowest BCUT2D eigenvalue weighted by Gasteiger charge is -2.10. The first kappa shape index (κ1) is 7.65. The molecule has 0 radical (unpaired) electrons. The Bertz CT molecular complexity index is 275. The van der Waals surface area contributed by atoms with Gasteiger partial charge >= 0.3 is 5.97 Å². The molecule has 0 spiro atoms. The summed E-state index contributed by atoms with van der Waals surface area (Å²) in [5, 5.41) is 9.27. The van der Waals surface area contributed by atoms with Crippen LogP contribution in [-0.2, 0) is 9.53 Å². The van der Waals surface area contributed by atoms with Gasteiger partial charge < -0.3 is 9.84 Å². The highest BCUT2D eigenvalue weighted by atomic mass is 16.5. The van der Waals surface area contributed by atoms with Crippen molar-refractivity contribution in [2.45, 2.75) is 12.5 Å². The topological polar surface area (TPSA) is 46.5 Å². The molecule has 1 aliphatic carbocycles. The van der Waals surface area contributed by atoms with E-state index >= 15 is 0 Å². The number of rotatable bonds is 2. The van der Waals surface area contributed by atoms with E-state index in [0.29, 0.717) is 0 Å². The standard InChI is InChI=1S/C8H6O3/c1-2-11-7(9)8(10)5-3-4-6-8/h10H,2H2,1H3. The van der Waals surface area contributed by atoms with Gasteiger partial charge in [0.15, 0.2) is 0 Å². The summed E-state index contributed by atoms with van der Waals surface area (Å²) >= 11 is 0. The third kappa shape index (κ3) is 1.34. The Kier molecular flexibility index (Phi) is 1.85. The van der Waals surface area contributed by atoms with Crippen molar-refractivity contribution in [1.82, 2.24) is 0 Å². The molecule has 0 fully saturated rings. The van der Waals surface area contributed by atoms with E-state index in [9.17, 15) is 9.90 Å². The summed E-state index contributed by atoms with van der Waals surface area (Å²) < 4.78 is 4.53. The predicted octanol–water partition coefficient (Wildman–Crippen LogP) is -0.699. The third-order valence-corrected chi connectivity index (χ3v) is 1.12. The molecule has 0 amide bonds.